The third-order valence-electron chi connectivity index (χ3n) is 10.0. The lowest BCUT2D eigenvalue weighted by Gasteiger charge is -2.31. The molecule has 2 nitrogen and oxygen atoms in total. The third kappa shape index (κ3) is 5.22. The Labute approximate surface area is 284 Å². The van der Waals surface area contributed by atoms with Crippen LogP contribution in [-0.2, 0) is 0 Å². The van der Waals surface area contributed by atoms with Crippen LogP contribution < -0.4 is 9.80 Å². The number of anilines is 5. The van der Waals surface area contributed by atoms with Crippen molar-refractivity contribution >= 4 is 60.8 Å². The highest BCUT2D eigenvalue weighted by Crippen LogP contribution is 2.47. The van der Waals surface area contributed by atoms with Gasteiger partial charge in [0.2, 0.25) is 0 Å². The van der Waals surface area contributed by atoms with Crippen LogP contribution >= 0.6 is 0 Å². The minimum atomic E-state index is 0.487. The first-order chi connectivity index (χ1) is 23.5. The summed E-state index contributed by atoms with van der Waals surface area (Å²) in [5.41, 5.74) is 9.97. The topological polar surface area (TPSA) is 6.48 Å². The molecule has 0 spiro atoms. The molecule has 1 aliphatic rings. The van der Waals surface area contributed by atoms with Crippen LogP contribution in [0.2, 0.25) is 0 Å². The summed E-state index contributed by atoms with van der Waals surface area (Å²) in [4.78, 5) is 4.91. The standard InChI is InChI=1S/C46H42N2/c1-31(2)33-15-23-39(24-16-33)47(37-11-7-5-8-12-37)43-29-21-35-20-28-42-44(30-22-36-19-27-41(43)45(35)46(36)42)48(38-13-9-6-10-14-38)40-25-17-34(18-26-40)32(3)4/h5-9,11-13,15-32H,10,14H2,1-4H3. The Balaban J connectivity index is 1.36. The van der Waals surface area contributed by atoms with Gasteiger partial charge in [-0.1, -0.05) is 119 Å². The molecule has 236 valence electrons. The maximum atomic E-state index is 2.49. The van der Waals surface area contributed by atoms with E-state index in [9.17, 15) is 0 Å². The smallest absolute Gasteiger partial charge is 0.0540 e. The highest BCUT2D eigenvalue weighted by molar-refractivity contribution is 6.28. The molecule has 0 saturated carbocycles. The van der Waals surface area contributed by atoms with E-state index in [0.717, 1.165) is 24.2 Å². The van der Waals surface area contributed by atoms with Gasteiger partial charge >= 0.3 is 0 Å². The third-order valence-corrected chi connectivity index (χ3v) is 10.0. The summed E-state index contributed by atoms with van der Waals surface area (Å²) in [5.74, 6) is 0.984. The van der Waals surface area contributed by atoms with E-state index in [4.69, 9.17) is 0 Å². The molecule has 0 saturated heterocycles. The quantitative estimate of drug-likeness (QED) is 0.156. The molecule has 7 aromatic rings. The number of benzene rings is 7. The zero-order chi connectivity index (χ0) is 32.8. The van der Waals surface area contributed by atoms with E-state index in [1.54, 1.807) is 0 Å². The number of rotatable bonds is 8. The summed E-state index contributed by atoms with van der Waals surface area (Å²) in [6.45, 7) is 9.02. The first-order valence-electron chi connectivity index (χ1n) is 17.4. The normalized spacial score (nSPS) is 13.2. The molecule has 0 aromatic heterocycles. The van der Waals surface area contributed by atoms with Gasteiger partial charge in [-0.05, 0) is 112 Å². The largest absolute Gasteiger partial charge is 0.314 e. The number of hydrogen-bond acceptors (Lipinski definition) is 2. The Hall–Kier alpha value is -5.34. The molecule has 0 radical (unpaired) electrons. The predicted molar refractivity (Wildman–Crippen MR) is 208 cm³/mol. The summed E-state index contributed by atoms with van der Waals surface area (Å²) >= 11 is 0. The van der Waals surface area contributed by atoms with Crippen LogP contribution in [0.5, 0.6) is 0 Å². The minimum Gasteiger partial charge on any atom is -0.314 e. The predicted octanol–water partition coefficient (Wildman–Crippen LogP) is 13.7. The monoisotopic (exact) mass is 622 g/mol. The van der Waals surface area contributed by atoms with Gasteiger partial charge in [-0.25, -0.2) is 0 Å². The Bertz CT molecular complexity index is 2270. The molecule has 0 amide bonds. The minimum absolute atomic E-state index is 0.487. The molecular weight excluding hydrogens is 581 g/mol. The van der Waals surface area contributed by atoms with E-state index in [1.807, 2.05) is 0 Å². The number of nitrogens with zero attached hydrogens (tertiary/aromatic N) is 2. The van der Waals surface area contributed by atoms with E-state index in [2.05, 4.69) is 183 Å². The van der Waals surface area contributed by atoms with Gasteiger partial charge in [-0.15, -0.1) is 0 Å². The highest BCUT2D eigenvalue weighted by atomic mass is 15.2. The van der Waals surface area contributed by atoms with Crippen LogP contribution in [-0.4, -0.2) is 0 Å². The molecule has 0 unspecified atom stereocenters. The first kappa shape index (κ1) is 30.0. The molecule has 7 aromatic carbocycles. The fraction of sp³-hybridized carbons (Fsp3) is 0.174. The molecule has 0 atom stereocenters. The van der Waals surface area contributed by atoms with Crippen LogP contribution in [0.25, 0.3) is 32.3 Å². The van der Waals surface area contributed by atoms with Crippen LogP contribution in [0.4, 0.5) is 28.4 Å². The van der Waals surface area contributed by atoms with Gasteiger partial charge in [0.15, 0.2) is 0 Å². The van der Waals surface area contributed by atoms with Crippen LogP contribution in [0, 0.1) is 0 Å². The summed E-state index contributed by atoms with van der Waals surface area (Å²) in [6.07, 6.45) is 8.83. The van der Waals surface area contributed by atoms with Crippen molar-refractivity contribution in [2.45, 2.75) is 52.4 Å². The van der Waals surface area contributed by atoms with Crippen LogP contribution in [0.3, 0.4) is 0 Å². The van der Waals surface area contributed by atoms with Crippen molar-refractivity contribution in [3.05, 3.63) is 162 Å². The van der Waals surface area contributed by atoms with E-state index in [-0.39, 0.29) is 0 Å². The summed E-state index contributed by atoms with van der Waals surface area (Å²) in [5, 5.41) is 7.70. The molecule has 0 fully saturated rings. The Morgan fingerprint density at radius 1 is 0.479 bits per heavy atom. The van der Waals surface area contributed by atoms with Crippen molar-refractivity contribution in [1.82, 2.24) is 0 Å². The van der Waals surface area contributed by atoms with E-state index < -0.39 is 0 Å². The fourth-order valence-corrected chi connectivity index (χ4v) is 7.42. The zero-order valence-electron chi connectivity index (χ0n) is 28.3. The van der Waals surface area contributed by atoms with Crippen molar-refractivity contribution in [3.63, 3.8) is 0 Å². The van der Waals surface area contributed by atoms with Crippen molar-refractivity contribution in [2.75, 3.05) is 9.80 Å². The molecule has 1 aliphatic carbocycles. The molecule has 0 heterocycles. The van der Waals surface area contributed by atoms with Crippen molar-refractivity contribution < 1.29 is 0 Å². The molecule has 48 heavy (non-hydrogen) atoms. The lowest BCUT2D eigenvalue weighted by atomic mass is 9.91. The number of allylic oxidation sites excluding steroid dienone is 4. The van der Waals surface area contributed by atoms with Gasteiger partial charge in [0.1, 0.15) is 0 Å². The summed E-state index contributed by atoms with van der Waals surface area (Å²) < 4.78 is 0. The summed E-state index contributed by atoms with van der Waals surface area (Å²) in [7, 11) is 0. The van der Waals surface area contributed by atoms with Gasteiger partial charge in [0, 0.05) is 33.5 Å². The van der Waals surface area contributed by atoms with Crippen molar-refractivity contribution in [3.8, 4) is 0 Å². The van der Waals surface area contributed by atoms with Gasteiger partial charge < -0.3 is 9.80 Å². The average Bonchev–Trinajstić information content (AvgIpc) is 3.13. The maximum Gasteiger partial charge on any atom is 0.0540 e. The number of hydrogen-bond donors (Lipinski definition) is 0. The van der Waals surface area contributed by atoms with Crippen LogP contribution in [0.15, 0.2) is 151 Å². The highest BCUT2D eigenvalue weighted by Gasteiger charge is 2.22. The molecular formula is C46H42N2. The SMILES string of the molecule is CC(C)c1ccc(N(C2=CC=CCC2)c2ccc3ccc4c(N(c5ccccc5)c5ccc(C(C)C)cc5)ccc5ccc2c3c54)cc1. The Morgan fingerprint density at radius 3 is 1.46 bits per heavy atom. The molecule has 0 aliphatic heterocycles. The molecule has 2 heteroatoms. The Morgan fingerprint density at radius 2 is 0.958 bits per heavy atom. The lowest BCUT2D eigenvalue weighted by Crippen LogP contribution is -2.18. The maximum absolute atomic E-state index is 2.49. The second-order valence-electron chi connectivity index (χ2n) is 13.7. The number of para-hydroxylation sites is 1. The van der Waals surface area contributed by atoms with Gasteiger partial charge in [-0.2, -0.15) is 0 Å². The molecule has 0 N–H and O–H groups in total. The average molecular weight is 623 g/mol. The van der Waals surface area contributed by atoms with E-state index in [1.165, 1.54) is 66.2 Å². The van der Waals surface area contributed by atoms with Crippen LogP contribution in [0.1, 0.15) is 63.5 Å². The molecule has 0 bridgehead atoms. The second-order valence-corrected chi connectivity index (χ2v) is 13.7. The van der Waals surface area contributed by atoms with Gasteiger partial charge in [-0.3, -0.25) is 0 Å². The van der Waals surface area contributed by atoms with E-state index in [0.29, 0.717) is 11.8 Å². The van der Waals surface area contributed by atoms with Crippen molar-refractivity contribution in [1.29, 1.82) is 0 Å². The van der Waals surface area contributed by atoms with Crippen molar-refractivity contribution in [2.24, 2.45) is 0 Å². The summed E-state index contributed by atoms with van der Waals surface area (Å²) in [6, 6.07) is 47.6. The second kappa shape index (κ2) is 12.4. The van der Waals surface area contributed by atoms with Gasteiger partial charge in [0.05, 0.1) is 11.4 Å². The van der Waals surface area contributed by atoms with E-state index >= 15 is 0 Å². The zero-order valence-corrected chi connectivity index (χ0v) is 28.3. The Kier molecular flexibility index (Phi) is 7.73. The lowest BCUT2D eigenvalue weighted by molar-refractivity contribution is 0.865. The van der Waals surface area contributed by atoms with Gasteiger partial charge in [0.25, 0.3) is 0 Å². The fourth-order valence-electron chi connectivity index (χ4n) is 7.42. The first-order valence-corrected chi connectivity index (χ1v) is 17.4. The molecule has 8 rings (SSSR count).